The van der Waals surface area contributed by atoms with Crippen molar-refractivity contribution < 1.29 is 14.3 Å². The molecule has 1 amide bonds. The van der Waals surface area contributed by atoms with E-state index in [0.717, 1.165) is 19.4 Å². The number of rotatable bonds is 2. The van der Waals surface area contributed by atoms with Crippen LogP contribution in [0.25, 0.3) is 0 Å². The van der Waals surface area contributed by atoms with Crippen LogP contribution in [0.1, 0.15) is 26.2 Å². The number of carbonyl (C=O) groups excluding carboxylic acids is 1. The fourth-order valence-corrected chi connectivity index (χ4v) is 7.13. The number of alkyl halides is 3. The highest BCUT2D eigenvalue weighted by Crippen LogP contribution is 2.51. The van der Waals surface area contributed by atoms with E-state index < -0.39 is 12.8 Å². The fraction of sp³-hybridized carbons (Fsp3) is 0.947. The van der Waals surface area contributed by atoms with E-state index in [1.54, 1.807) is 0 Å². The van der Waals surface area contributed by atoms with E-state index in [9.17, 15) is 14.3 Å². The van der Waals surface area contributed by atoms with Gasteiger partial charge in [-0.05, 0) is 56.4 Å². The van der Waals surface area contributed by atoms with Gasteiger partial charge in [0.15, 0.2) is 0 Å². The second-order valence-corrected chi connectivity index (χ2v) is 9.90. The minimum Gasteiger partial charge on any atom is -0.387 e. The van der Waals surface area contributed by atoms with Crippen molar-refractivity contribution in [3.05, 3.63) is 0 Å². The SMILES string of the molecule is C[C@H]1C2C(CCN1C(=O)CO)NC1C(Cl)C(Cl)CC(C3CNCC(F)C3)C12. The first-order chi connectivity index (χ1) is 12.9. The molecule has 1 saturated carbocycles. The molecule has 4 aliphatic rings. The fourth-order valence-electron chi connectivity index (χ4n) is 6.42. The summed E-state index contributed by atoms with van der Waals surface area (Å²) in [5.74, 6) is 0.845. The predicted molar refractivity (Wildman–Crippen MR) is 104 cm³/mol. The maximum absolute atomic E-state index is 14.1. The Morgan fingerprint density at radius 2 is 2.04 bits per heavy atom. The molecule has 0 radical (unpaired) electrons. The van der Waals surface area contributed by atoms with E-state index in [4.69, 9.17) is 23.2 Å². The number of hydrogen-bond donors (Lipinski definition) is 3. The molecule has 3 aliphatic heterocycles. The Labute approximate surface area is 170 Å². The van der Waals surface area contributed by atoms with Crippen molar-refractivity contribution in [1.82, 2.24) is 15.5 Å². The van der Waals surface area contributed by atoms with Crippen LogP contribution in [0.3, 0.4) is 0 Å². The molecule has 3 saturated heterocycles. The van der Waals surface area contributed by atoms with Crippen LogP contribution in [-0.4, -0.2) is 77.2 Å². The van der Waals surface area contributed by atoms with Gasteiger partial charge in [-0.25, -0.2) is 4.39 Å². The smallest absolute Gasteiger partial charge is 0.248 e. The van der Waals surface area contributed by atoms with Crippen LogP contribution in [0.4, 0.5) is 4.39 Å². The molecule has 9 unspecified atom stereocenters. The van der Waals surface area contributed by atoms with Crippen molar-refractivity contribution in [3.8, 4) is 0 Å². The summed E-state index contributed by atoms with van der Waals surface area (Å²) in [6, 6.07) is 0.414. The van der Waals surface area contributed by atoms with Crippen molar-refractivity contribution in [2.24, 2.45) is 23.7 Å². The number of nitrogens with zero attached hydrogens (tertiary/aromatic N) is 1. The van der Waals surface area contributed by atoms with Gasteiger partial charge in [-0.2, -0.15) is 0 Å². The van der Waals surface area contributed by atoms with Crippen molar-refractivity contribution in [3.63, 3.8) is 0 Å². The molecule has 3 N–H and O–H groups in total. The van der Waals surface area contributed by atoms with Crippen LogP contribution in [0, 0.1) is 23.7 Å². The van der Waals surface area contributed by atoms with E-state index in [1.807, 2.05) is 4.90 Å². The summed E-state index contributed by atoms with van der Waals surface area (Å²) >= 11 is 13.4. The van der Waals surface area contributed by atoms with Crippen LogP contribution in [0.15, 0.2) is 0 Å². The zero-order valence-corrected chi connectivity index (χ0v) is 17.2. The molecule has 4 rings (SSSR count). The lowest BCUT2D eigenvalue weighted by Gasteiger charge is -2.49. The number of halogens is 3. The van der Waals surface area contributed by atoms with Gasteiger partial charge in [0.2, 0.25) is 5.91 Å². The third-order valence-electron chi connectivity index (χ3n) is 7.53. The van der Waals surface area contributed by atoms with E-state index in [2.05, 4.69) is 17.6 Å². The Balaban J connectivity index is 1.63. The second-order valence-electron chi connectivity index (χ2n) is 8.84. The molecule has 10 atom stereocenters. The van der Waals surface area contributed by atoms with E-state index in [0.29, 0.717) is 25.6 Å². The van der Waals surface area contributed by atoms with Crippen LogP contribution in [-0.2, 0) is 4.79 Å². The number of piperidine rings is 2. The minimum atomic E-state index is -0.814. The van der Waals surface area contributed by atoms with Crippen molar-refractivity contribution in [1.29, 1.82) is 0 Å². The maximum Gasteiger partial charge on any atom is 0.248 e. The monoisotopic (exact) mass is 421 g/mol. The van der Waals surface area contributed by atoms with Crippen molar-refractivity contribution in [2.45, 2.75) is 61.2 Å². The highest BCUT2D eigenvalue weighted by atomic mass is 35.5. The number of fused-ring (bicyclic) bond motifs is 3. The van der Waals surface area contributed by atoms with Crippen molar-refractivity contribution >= 4 is 29.1 Å². The molecule has 0 bridgehead atoms. The number of hydrogen-bond acceptors (Lipinski definition) is 4. The lowest BCUT2D eigenvalue weighted by Crippen LogP contribution is -2.57. The summed E-state index contributed by atoms with van der Waals surface area (Å²) in [7, 11) is 0. The first-order valence-corrected chi connectivity index (χ1v) is 11.1. The van der Waals surface area contributed by atoms with Gasteiger partial charge in [0.25, 0.3) is 0 Å². The summed E-state index contributed by atoms with van der Waals surface area (Å²) in [5.41, 5.74) is 0. The summed E-state index contributed by atoms with van der Waals surface area (Å²) in [6.45, 7) is 3.52. The molecule has 27 heavy (non-hydrogen) atoms. The Bertz CT molecular complexity index is 571. The van der Waals surface area contributed by atoms with Gasteiger partial charge in [-0.1, -0.05) is 0 Å². The highest BCUT2D eigenvalue weighted by Gasteiger charge is 2.58. The topological polar surface area (TPSA) is 64.6 Å². The number of aliphatic hydroxyl groups excluding tert-OH is 1. The molecule has 4 fully saturated rings. The van der Waals surface area contributed by atoms with Crippen LogP contribution in [0.2, 0.25) is 0 Å². The number of carbonyl (C=O) groups is 1. The normalized spacial score (nSPS) is 50.2. The molecule has 0 aromatic heterocycles. The average Bonchev–Trinajstić information content (AvgIpc) is 3.05. The van der Waals surface area contributed by atoms with Gasteiger partial charge in [-0.3, -0.25) is 4.79 Å². The molecule has 1 aliphatic carbocycles. The Morgan fingerprint density at radius 1 is 1.26 bits per heavy atom. The third kappa shape index (κ3) is 3.50. The molecule has 5 nitrogen and oxygen atoms in total. The second kappa shape index (κ2) is 7.94. The van der Waals surface area contributed by atoms with Gasteiger partial charge in [-0.15, -0.1) is 23.2 Å². The largest absolute Gasteiger partial charge is 0.387 e. The molecule has 154 valence electrons. The average molecular weight is 422 g/mol. The van der Waals surface area contributed by atoms with Crippen LogP contribution >= 0.6 is 23.2 Å². The Hall–Kier alpha value is -0.140. The molecule has 0 aromatic rings. The lowest BCUT2D eigenvalue weighted by molar-refractivity contribution is -0.140. The van der Waals surface area contributed by atoms with Gasteiger partial charge in [0.1, 0.15) is 12.8 Å². The molecule has 8 heteroatoms. The summed E-state index contributed by atoms with van der Waals surface area (Å²) in [6.07, 6.45) is 1.40. The maximum atomic E-state index is 14.1. The quantitative estimate of drug-likeness (QED) is 0.588. The first kappa shape index (κ1) is 20.1. The minimum absolute atomic E-state index is 0.0295. The van der Waals surface area contributed by atoms with E-state index in [1.165, 1.54) is 0 Å². The lowest BCUT2D eigenvalue weighted by atomic mass is 9.62. The summed E-state index contributed by atoms with van der Waals surface area (Å²) < 4.78 is 14.1. The number of aliphatic hydroxyl groups is 1. The molecule has 3 heterocycles. The van der Waals surface area contributed by atoms with Gasteiger partial charge in [0.05, 0.1) is 10.8 Å². The van der Waals surface area contributed by atoms with E-state index >= 15 is 0 Å². The zero-order valence-electron chi connectivity index (χ0n) is 15.7. The number of amides is 1. The van der Waals surface area contributed by atoms with E-state index in [-0.39, 0.29) is 52.4 Å². The highest BCUT2D eigenvalue weighted by molar-refractivity contribution is 6.30. The Morgan fingerprint density at radius 3 is 2.74 bits per heavy atom. The zero-order chi connectivity index (χ0) is 19.3. The van der Waals surface area contributed by atoms with Gasteiger partial charge in [0, 0.05) is 31.2 Å². The molecular formula is C19H30Cl2FN3O2. The first-order valence-electron chi connectivity index (χ1n) is 10.2. The molecule has 0 aromatic carbocycles. The van der Waals surface area contributed by atoms with Gasteiger partial charge < -0.3 is 20.6 Å². The van der Waals surface area contributed by atoms with Crippen molar-refractivity contribution in [2.75, 3.05) is 26.2 Å². The molecular weight excluding hydrogens is 392 g/mol. The third-order valence-corrected chi connectivity index (χ3v) is 8.69. The van der Waals surface area contributed by atoms with Crippen LogP contribution < -0.4 is 10.6 Å². The standard InChI is InChI=1S/C19H30Cl2FN3O2/c1-9-16-14(2-3-25(9)15(27)8-26)24-19-17(16)12(5-13(20)18(19)21)10-4-11(22)7-23-6-10/h9-14,16-19,23-24,26H,2-8H2,1H3/t9-,10?,11?,12?,13?,14?,16?,17?,18?,19?/m0/s1. The summed E-state index contributed by atoms with van der Waals surface area (Å²) in [4.78, 5) is 14.0. The number of nitrogens with one attached hydrogen (secondary N) is 2. The van der Waals surface area contributed by atoms with Gasteiger partial charge >= 0.3 is 0 Å². The predicted octanol–water partition coefficient (Wildman–Crippen LogP) is 1.35. The van der Waals surface area contributed by atoms with Crippen LogP contribution in [0.5, 0.6) is 0 Å². The summed E-state index contributed by atoms with van der Waals surface area (Å²) in [5, 5.41) is 16.0. The molecule has 0 spiro atoms. The number of likely N-dealkylation sites (tertiary alicyclic amines) is 1. The Kier molecular flexibility index (Phi) is 5.93.